The molecule has 0 saturated carbocycles. The van der Waals surface area contributed by atoms with Gasteiger partial charge in [0, 0.05) is 19.6 Å². The lowest BCUT2D eigenvalue weighted by molar-refractivity contribution is -0.158. The number of nitrogens with one attached hydrogen (secondary N) is 1. The van der Waals surface area contributed by atoms with Gasteiger partial charge in [-0.1, -0.05) is 20.8 Å². The van der Waals surface area contributed by atoms with Crippen molar-refractivity contribution in [2.24, 2.45) is 16.7 Å². The van der Waals surface area contributed by atoms with Gasteiger partial charge in [-0.25, -0.2) is 0 Å². The van der Waals surface area contributed by atoms with E-state index in [4.69, 9.17) is 0 Å². The Morgan fingerprint density at radius 1 is 1.33 bits per heavy atom. The molecule has 2 rings (SSSR count). The second-order valence-electron chi connectivity index (χ2n) is 7.01. The van der Waals surface area contributed by atoms with Gasteiger partial charge in [0.15, 0.2) is 0 Å². The highest BCUT2D eigenvalue weighted by Crippen LogP contribution is 2.40. The molecule has 5 nitrogen and oxygen atoms in total. The topological polar surface area (TPSA) is 69.6 Å². The van der Waals surface area contributed by atoms with Crippen molar-refractivity contribution in [1.82, 2.24) is 10.2 Å². The molecule has 0 aromatic carbocycles. The van der Waals surface area contributed by atoms with Crippen molar-refractivity contribution in [2.75, 3.05) is 26.2 Å². The normalized spacial score (nSPS) is 33.4. The average molecular weight is 296 g/mol. The van der Waals surface area contributed by atoms with Crippen LogP contribution in [0.1, 0.15) is 46.5 Å². The summed E-state index contributed by atoms with van der Waals surface area (Å²) in [6.07, 6.45) is 2.90. The van der Waals surface area contributed by atoms with Gasteiger partial charge in [-0.15, -0.1) is 0 Å². The van der Waals surface area contributed by atoms with Crippen molar-refractivity contribution in [3.05, 3.63) is 0 Å². The fraction of sp³-hybridized carbons (Fsp3) is 0.875. The van der Waals surface area contributed by atoms with Crippen LogP contribution >= 0.6 is 0 Å². The van der Waals surface area contributed by atoms with Gasteiger partial charge in [-0.2, -0.15) is 0 Å². The second-order valence-corrected chi connectivity index (χ2v) is 7.01. The van der Waals surface area contributed by atoms with Crippen LogP contribution in [0.3, 0.4) is 0 Å². The predicted molar refractivity (Wildman–Crippen MR) is 80.9 cm³/mol. The van der Waals surface area contributed by atoms with Crippen LogP contribution in [0.25, 0.3) is 0 Å². The summed E-state index contributed by atoms with van der Waals surface area (Å²) in [6, 6.07) is 0. The number of likely N-dealkylation sites (tertiary alicyclic amines) is 1. The first-order chi connectivity index (χ1) is 9.88. The Morgan fingerprint density at radius 2 is 2.05 bits per heavy atom. The van der Waals surface area contributed by atoms with E-state index < -0.39 is 11.4 Å². The lowest BCUT2D eigenvalue weighted by atomic mass is 9.73. The molecule has 0 aliphatic carbocycles. The number of carboxylic acid groups (broad SMARTS) is 1. The number of hydrogen-bond donors (Lipinski definition) is 2. The number of carboxylic acids is 1. The first kappa shape index (κ1) is 16.3. The third-order valence-corrected chi connectivity index (χ3v) is 5.71. The Bertz CT molecular complexity index is 416. The number of aliphatic carboxylic acids is 1. The second kappa shape index (κ2) is 5.95. The molecule has 120 valence electrons. The molecule has 0 radical (unpaired) electrons. The lowest BCUT2D eigenvalue weighted by Crippen LogP contribution is -2.55. The van der Waals surface area contributed by atoms with Crippen LogP contribution in [-0.2, 0) is 9.59 Å². The molecular formula is C16H28N2O3. The van der Waals surface area contributed by atoms with E-state index in [9.17, 15) is 14.7 Å². The van der Waals surface area contributed by atoms with Crippen LogP contribution in [0.15, 0.2) is 0 Å². The Morgan fingerprint density at radius 3 is 2.52 bits per heavy atom. The average Bonchev–Trinajstić information content (AvgIpc) is 2.97. The number of hydrogen-bond acceptors (Lipinski definition) is 3. The van der Waals surface area contributed by atoms with Gasteiger partial charge in [0.05, 0.1) is 10.8 Å². The highest BCUT2D eigenvalue weighted by Gasteiger charge is 2.49. The molecule has 1 amide bonds. The van der Waals surface area contributed by atoms with Gasteiger partial charge in [0.1, 0.15) is 0 Å². The number of carbonyl (C=O) groups is 2. The monoisotopic (exact) mass is 296 g/mol. The van der Waals surface area contributed by atoms with Gasteiger partial charge < -0.3 is 15.3 Å². The van der Waals surface area contributed by atoms with Crippen LogP contribution in [-0.4, -0.2) is 48.1 Å². The van der Waals surface area contributed by atoms with Crippen molar-refractivity contribution < 1.29 is 14.7 Å². The maximum absolute atomic E-state index is 13.1. The first-order valence-corrected chi connectivity index (χ1v) is 8.11. The predicted octanol–water partition coefficient (Wildman–Crippen LogP) is 1.73. The van der Waals surface area contributed by atoms with Crippen molar-refractivity contribution in [3.8, 4) is 0 Å². The zero-order valence-electron chi connectivity index (χ0n) is 13.4. The van der Waals surface area contributed by atoms with Crippen LogP contribution < -0.4 is 5.32 Å². The number of nitrogens with zero attached hydrogens (tertiary/aromatic N) is 1. The van der Waals surface area contributed by atoms with E-state index in [1.807, 2.05) is 11.8 Å². The van der Waals surface area contributed by atoms with Crippen LogP contribution in [0, 0.1) is 16.7 Å². The van der Waals surface area contributed by atoms with Gasteiger partial charge in [-0.3, -0.25) is 9.59 Å². The van der Waals surface area contributed by atoms with E-state index in [1.165, 1.54) is 0 Å². The van der Waals surface area contributed by atoms with E-state index in [-0.39, 0.29) is 17.2 Å². The summed E-state index contributed by atoms with van der Waals surface area (Å²) in [5.41, 5.74) is -1.10. The summed E-state index contributed by atoms with van der Waals surface area (Å²) in [6.45, 7) is 8.76. The molecule has 21 heavy (non-hydrogen) atoms. The molecule has 2 aliphatic rings. The summed E-state index contributed by atoms with van der Waals surface area (Å²) in [5.74, 6) is -0.338. The van der Waals surface area contributed by atoms with Crippen molar-refractivity contribution >= 4 is 11.9 Å². The molecule has 2 saturated heterocycles. The maximum atomic E-state index is 13.1. The zero-order valence-corrected chi connectivity index (χ0v) is 13.4. The Kier molecular flexibility index (Phi) is 4.61. The fourth-order valence-electron chi connectivity index (χ4n) is 3.87. The molecule has 0 bridgehead atoms. The third kappa shape index (κ3) is 2.68. The molecule has 2 N–H and O–H groups in total. The van der Waals surface area contributed by atoms with Gasteiger partial charge in [-0.05, 0) is 38.1 Å². The molecule has 2 heterocycles. The minimum atomic E-state index is -0.759. The van der Waals surface area contributed by atoms with Gasteiger partial charge in [0.25, 0.3) is 0 Å². The van der Waals surface area contributed by atoms with Gasteiger partial charge in [0.2, 0.25) is 5.91 Å². The summed E-state index contributed by atoms with van der Waals surface area (Å²) in [7, 11) is 0. The summed E-state index contributed by atoms with van der Waals surface area (Å²) >= 11 is 0. The Hall–Kier alpha value is -1.10. The van der Waals surface area contributed by atoms with Gasteiger partial charge >= 0.3 is 5.97 Å². The standard InChI is InChI=1S/C16H28N2O3/c1-4-15(14(20)21)6-5-9-18(11-15)13(19)16(12(2)3)7-8-17-10-16/h12,17H,4-11H2,1-3H3,(H,20,21). The quantitative estimate of drug-likeness (QED) is 0.829. The van der Waals surface area contributed by atoms with Crippen LogP contribution in [0.5, 0.6) is 0 Å². The molecule has 0 aromatic rings. The van der Waals surface area contributed by atoms with E-state index in [1.54, 1.807) is 0 Å². The number of amides is 1. The largest absolute Gasteiger partial charge is 0.481 e. The molecule has 2 fully saturated rings. The van der Waals surface area contributed by atoms with Crippen LogP contribution in [0.4, 0.5) is 0 Å². The minimum Gasteiger partial charge on any atom is -0.481 e. The SMILES string of the molecule is CCC1(C(=O)O)CCCN(C(=O)C2(C(C)C)CCNC2)C1. The summed E-state index contributed by atoms with van der Waals surface area (Å²) in [5, 5.41) is 12.9. The highest BCUT2D eigenvalue weighted by atomic mass is 16.4. The van der Waals surface area contributed by atoms with E-state index in [0.29, 0.717) is 32.5 Å². The summed E-state index contributed by atoms with van der Waals surface area (Å²) in [4.78, 5) is 26.6. The highest BCUT2D eigenvalue weighted by molar-refractivity contribution is 5.85. The van der Waals surface area contributed by atoms with Crippen LogP contribution in [0.2, 0.25) is 0 Å². The van der Waals surface area contributed by atoms with E-state index in [0.717, 1.165) is 19.4 Å². The molecule has 0 aromatic heterocycles. The molecule has 2 unspecified atom stereocenters. The number of carbonyl (C=O) groups excluding carboxylic acids is 1. The molecule has 5 heteroatoms. The van der Waals surface area contributed by atoms with Crippen molar-refractivity contribution in [2.45, 2.75) is 46.5 Å². The Balaban J connectivity index is 2.21. The van der Waals surface area contributed by atoms with E-state index in [2.05, 4.69) is 19.2 Å². The van der Waals surface area contributed by atoms with Crippen molar-refractivity contribution in [3.63, 3.8) is 0 Å². The third-order valence-electron chi connectivity index (χ3n) is 5.71. The molecule has 2 atom stereocenters. The van der Waals surface area contributed by atoms with E-state index >= 15 is 0 Å². The molecular weight excluding hydrogens is 268 g/mol. The van der Waals surface area contributed by atoms with Crippen molar-refractivity contribution in [1.29, 1.82) is 0 Å². The summed E-state index contributed by atoms with van der Waals surface area (Å²) < 4.78 is 0. The Labute approximate surface area is 127 Å². The minimum absolute atomic E-state index is 0.154. The number of piperidine rings is 1. The molecule has 0 spiro atoms. The molecule has 2 aliphatic heterocycles. The number of rotatable bonds is 4. The first-order valence-electron chi connectivity index (χ1n) is 8.11. The maximum Gasteiger partial charge on any atom is 0.311 e. The fourth-order valence-corrected chi connectivity index (χ4v) is 3.87. The lowest BCUT2D eigenvalue weighted by Gasteiger charge is -2.44. The smallest absolute Gasteiger partial charge is 0.311 e. The zero-order chi connectivity index (χ0) is 15.7.